The summed E-state index contributed by atoms with van der Waals surface area (Å²) >= 11 is 16.0. The molecule has 0 aliphatic rings. The lowest BCUT2D eigenvalue weighted by Gasteiger charge is -2.34. The molecule has 0 bridgehead atoms. The average Bonchev–Trinajstić information content (AvgIpc) is 2.58. The number of halogens is 3. The van der Waals surface area contributed by atoms with E-state index in [0.717, 1.165) is 22.0 Å². The van der Waals surface area contributed by atoms with Crippen molar-refractivity contribution in [3.63, 3.8) is 0 Å². The van der Waals surface area contributed by atoms with Crippen molar-refractivity contribution >= 4 is 39.1 Å². The summed E-state index contributed by atoms with van der Waals surface area (Å²) in [4.78, 5) is 0. The molecule has 0 unspecified atom stereocenters. The Morgan fingerprint density at radius 2 is 1.72 bits per heavy atom. The molecule has 2 rings (SSSR count). The summed E-state index contributed by atoms with van der Waals surface area (Å²) in [6.07, 6.45) is 1.04. The highest BCUT2D eigenvalue weighted by atomic mass is 79.9. The maximum absolute atomic E-state index is 6.31. The summed E-state index contributed by atoms with van der Waals surface area (Å²) in [6, 6.07) is 9.28. The zero-order valence-electron chi connectivity index (χ0n) is 18.0. The van der Waals surface area contributed by atoms with Gasteiger partial charge in [-0.05, 0) is 49.9 Å². The van der Waals surface area contributed by atoms with E-state index in [2.05, 4.69) is 55.9 Å². The number of rotatable bonds is 8. The van der Waals surface area contributed by atoms with Crippen LogP contribution in [0.2, 0.25) is 10.0 Å². The van der Waals surface area contributed by atoms with Gasteiger partial charge in [0.25, 0.3) is 0 Å². The molecule has 6 heteroatoms. The van der Waals surface area contributed by atoms with E-state index in [1.54, 1.807) is 13.2 Å². The Morgan fingerprint density at radius 1 is 1.03 bits per heavy atom. The predicted molar refractivity (Wildman–Crippen MR) is 126 cm³/mol. The van der Waals surface area contributed by atoms with E-state index in [9.17, 15) is 0 Å². The molecule has 0 saturated heterocycles. The minimum Gasteiger partial charge on any atom is -0.493 e. The fourth-order valence-corrected chi connectivity index (χ4v) is 4.49. The molecule has 2 aromatic rings. The number of methoxy groups -OCH3 is 1. The van der Waals surface area contributed by atoms with Crippen LogP contribution in [0.5, 0.6) is 11.5 Å². The molecule has 2 aromatic carbocycles. The second kappa shape index (κ2) is 9.91. The third-order valence-corrected chi connectivity index (χ3v) is 5.82. The van der Waals surface area contributed by atoms with Gasteiger partial charge in [0.05, 0.1) is 7.11 Å². The molecule has 0 amide bonds. The molecule has 3 nitrogen and oxygen atoms in total. The van der Waals surface area contributed by atoms with Crippen molar-refractivity contribution in [1.29, 1.82) is 0 Å². The van der Waals surface area contributed by atoms with Crippen molar-refractivity contribution in [3.05, 3.63) is 56.0 Å². The van der Waals surface area contributed by atoms with E-state index >= 15 is 0 Å². The lowest BCUT2D eigenvalue weighted by atomic mass is 9.81. The van der Waals surface area contributed by atoms with Crippen molar-refractivity contribution in [1.82, 2.24) is 5.32 Å². The Morgan fingerprint density at radius 3 is 2.31 bits per heavy atom. The first-order valence-electron chi connectivity index (χ1n) is 9.59. The number of hydrogen-bond acceptors (Lipinski definition) is 3. The van der Waals surface area contributed by atoms with Crippen LogP contribution in [-0.4, -0.2) is 12.6 Å². The van der Waals surface area contributed by atoms with Crippen LogP contribution in [0, 0.1) is 5.41 Å². The molecule has 29 heavy (non-hydrogen) atoms. The lowest BCUT2D eigenvalue weighted by Crippen LogP contribution is -2.42. The number of benzene rings is 2. The van der Waals surface area contributed by atoms with Crippen LogP contribution >= 0.6 is 39.1 Å². The molecule has 0 saturated carbocycles. The Labute approximate surface area is 193 Å². The standard InChI is InChI=1S/C23H30BrCl2NO2/c1-22(2,3)14-23(4,5)27-12-17-18(24)9-10-20(28-6)21(17)29-13-15-7-8-16(25)11-19(15)26/h7-11,27H,12-14H2,1-6H3. The molecular formula is C23H30BrCl2NO2. The number of nitrogens with one attached hydrogen (secondary N) is 1. The smallest absolute Gasteiger partial charge is 0.167 e. The monoisotopic (exact) mass is 501 g/mol. The van der Waals surface area contributed by atoms with E-state index in [1.165, 1.54) is 0 Å². The van der Waals surface area contributed by atoms with Gasteiger partial charge in [0.1, 0.15) is 6.61 Å². The first-order valence-corrected chi connectivity index (χ1v) is 11.1. The van der Waals surface area contributed by atoms with Gasteiger partial charge >= 0.3 is 0 Å². The zero-order valence-corrected chi connectivity index (χ0v) is 21.1. The second-order valence-corrected chi connectivity index (χ2v) is 10.8. The second-order valence-electron chi connectivity index (χ2n) is 9.06. The molecule has 160 valence electrons. The van der Waals surface area contributed by atoms with Crippen LogP contribution in [0.25, 0.3) is 0 Å². The maximum Gasteiger partial charge on any atom is 0.167 e. The fourth-order valence-electron chi connectivity index (χ4n) is 3.57. The predicted octanol–water partition coefficient (Wildman–Crippen LogP) is 7.65. The highest BCUT2D eigenvalue weighted by Gasteiger charge is 2.26. The van der Waals surface area contributed by atoms with Gasteiger partial charge in [-0.1, -0.05) is 66.0 Å². The third-order valence-electron chi connectivity index (χ3n) is 4.49. The molecule has 0 aliphatic heterocycles. The van der Waals surface area contributed by atoms with Gasteiger partial charge in [0.2, 0.25) is 0 Å². The summed E-state index contributed by atoms with van der Waals surface area (Å²) < 4.78 is 12.7. The Kier molecular flexibility index (Phi) is 8.32. The molecule has 1 N–H and O–H groups in total. The first kappa shape index (κ1) is 24.3. The van der Waals surface area contributed by atoms with E-state index in [-0.39, 0.29) is 11.0 Å². The summed E-state index contributed by atoms with van der Waals surface area (Å²) in [5, 5.41) is 4.85. The van der Waals surface area contributed by atoms with Gasteiger partial charge in [0, 0.05) is 37.7 Å². The van der Waals surface area contributed by atoms with Crippen LogP contribution in [0.1, 0.15) is 52.2 Å². The van der Waals surface area contributed by atoms with Gasteiger partial charge in [0.15, 0.2) is 11.5 Å². The Bertz CT molecular complexity index is 848. The van der Waals surface area contributed by atoms with Crippen molar-refractivity contribution in [2.24, 2.45) is 5.41 Å². The van der Waals surface area contributed by atoms with E-state index < -0.39 is 0 Å². The van der Waals surface area contributed by atoms with Gasteiger partial charge in [-0.25, -0.2) is 0 Å². The molecule has 0 atom stereocenters. The van der Waals surface area contributed by atoms with Crippen LogP contribution < -0.4 is 14.8 Å². The van der Waals surface area contributed by atoms with Crippen molar-refractivity contribution in [3.8, 4) is 11.5 Å². The minimum absolute atomic E-state index is 0.0302. The van der Waals surface area contributed by atoms with Crippen molar-refractivity contribution in [2.75, 3.05) is 7.11 Å². The summed E-state index contributed by atoms with van der Waals surface area (Å²) in [5.41, 5.74) is 2.08. The zero-order chi connectivity index (χ0) is 21.8. The van der Waals surface area contributed by atoms with Crippen molar-refractivity contribution < 1.29 is 9.47 Å². The van der Waals surface area contributed by atoms with Gasteiger partial charge in [-0.3, -0.25) is 0 Å². The summed E-state index contributed by atoms with van der Waals surface area (Å²) in [6.45, 7) is 12.2. The van der Waals surface area contributed by atoms with Crippen LogP contribution in [-0.2, 0) is 13.2 Å². The molecule has 0 aromatic heterocycles. The molecule has 0 radical (unpaired) electrons. The largest absolute Gasteiger partial charge is 0.493 e. The Hall–Kier alpha value is -0.940. The van der Waals surface area contributed by atoms with Crippen LogP contribution in [0.4, 0.5) is 0 Å². The normalized spacial score (nSPS) is 12.2. The fraction of sp³-hybridized carbons (Fsp3) is 0.478. The van der Waals surface area contributed by atoms with E-state index in [1.807, 2.05) is 24.3 Å². The van der Waals surface area contributed by atoms with Gasteiger partial charge in [-0.2, -0.15) is 0 Å². The number of ether oxygens (including phenoxy) is 2. The molecule has 0 aliphatic carbocycles. The van der Waals surface area contributed by atoms with Crippen molar-refractivity contribution in [2.45, 2.75) is 59.7 Å². The molecule has 0 spiro atoms. The molecular weight excluding hydrogens is 473 g/mol. The van der Waals surface area contributed by atoms with Gasteiger partial charge in [-0.15, -0.1) is 0 Å². The van der Waals surface area contributed by atoms with Gasteiger partial charge < -0.3 is 14.8 Å². The van der Waals surface area contributed by atoms with E-state index in [0.29, 0.717) is 34.7 Å². The molecule has 0 heterocycles. The molecule has 0 fully saturated rings. The first-order chi connectivity index (χ1) is 13.4. The van der Waals surface area contributed by atoms with Crippen LogP contribution in [0.15, 0.2) is 34.8 Å². The average molecular weight is 503 g/mol. The minimum atomic E-state index is -0.0302. The van der Waals surface area contributed by atoms with E-state index in [4.69, 9.17) is 32.7 Å². The summed E-state index contributed by atoms with van der Waals surface area (Å²) in [7, 11) is 1.64. The van der Waals surface area contributed by atoms with Crippen LogP contribution in [0.3, 0.4) is 0 Å². The third kappa shape index (κ3) is 7.36. The summed E-state index contributed by atoms with van der Waals surface area (Å²) in [5.74, 6) is 1.38. The SMILES string of the molecule is COc1ccc(Br)c(CNC(C)(C)CC(C)(C)C)c1OCc1ccc(Cl)cc1Cl. The lowest BCUT2D eigenvalue weighted by molar-refractivity contribution is 0.237. The topological polar surface area (TPSA) is 30.5 Å². The number of hydrogen-bond donors (Lipinski definition) is 1. The maximum atomic E-state index is 6.31. The quantitative estimate of drug-likeness (QED) is 0.402. The highest BCUT2D eigenvalue weighted by Crippen LogP contribution is 2.38. The highest BCUT2D eigenvalue weighted by molar-refractivity contribution is 9.10. The Balaban J connectivity index is 2.25.